The Morgan fingerprint density at radius 3 is 1.53 bits per heavy atom. The zero-order chi connectivity index (χ0) is 39.0. The molecule has 0 bridgehead atoms. The van der Waals surface area contributed by atoms with Gasteiger partial charge in [0.25, 0.3) is 11.8 Å². The second-order valence-corrected chi connectivity index (χ2v) is 12.6. The van der Waals surface area contributed by atoms with E-state index in [1.165, 1.54) is 18.1 Å². The molecule has 7 amide bonds. The predicted octanol–water partition coefficient (Wildman–Crippen LogP) is 2.12. The molecule has 0 saturated carbocycles. The normalized spacial score (nSPS) is 12.0. The summed E-state index contributed by atoms with van der Waals surface area (Å²) in [6, 6.07) is 6.55. The Hall–Kier alpha value is -4.94. The third-order valence-electron chi connectivity index (χ3n) is 8.21. The molecule has 2 rings (SSSR count). The van der Waals surface area contributed by atoms with Gasteiger partial charge in [-0.15, -0.1) is 0 Å². The first kappa shape index (κ1) is 44.2. The van der Waals surface area contributed by atoms with Crippen molar-refractivity contribution in [3.05, 3.63) is 29.8 Å². The van der Waals surface area contributed by atoms with Crippen LogP contribution in [0.2, 0.25) is 0 Å². The van der Waals surface area contributed by atoms with E-state index in [-0.39, 0.29) is 75.4 Å². The number of unbranched alkanes of at least 4 members (excludes halogenated alkanes) is 6. The average molecular weight is 747 g/mol. The summed E-state index contributed by atoms with van der Waals surface area (Å²) in [7, 11) is 0. The van der Waals surface area contributed by atoms with Gasteiger partial charge in [-0.05, 0) is 82.1 Å². The van der Waals surface area contributed by atoms with Crippen LogP contribution in [-0.2, 0) is 28.8 Å². The molecule has 0 spiro atoms. The van der Waals surface area contributed by atoms with E-state index in [0.29, 0.717) is 104 Å². The van der Waals surface area contributed by atoms with E-state index in [9.17, 15) is 49.2 Å². The van der Waals surface area contributed by atoms with Crippen LogP contribution in [0.3, 0.4) is 0 Å². The molecule has 1 heterocycles. The van der Waals surface area contributed by atoms with Crippen molar-refractivity contribution in [3.8, 4) is 0 Å². The van der Waals surface area contributed by atoms with Crippen LogP contribution < -0.4 is 21.0 Å². The van der Waals surface area contributed by atoms with Gasteiger partial charge < -0.3 is 16.0 Å². The standard InChI is InChI=1S/C35H54N8O10/c1-27(44)40(51)24-8-2-5-20-36-30(45)15-17-32(47)41(52)25-9-3-6-21-37-31(46)16-18-33(48)42(53)26-10-4-7-22-38-35(50)28-11-13-29(14-12-28)43-34(49)19-23-39-43/h11-14,23,51-53H,2-10,15-22,24-26H2,1H3,(H,36,45)(H,37,46)(H,38,50). The molecule has 0 aromatic heterocycles. The summed E-state index contributed by atoms with van der Waals surface area (Å²) in [5.41, 5.74) is 1.04. The number of carbonyl (C=O) groups is 7. The molecule has 294 valence electrons. The number of anilines is 1. The number of rotatable bonds is 26. The average Bonchev–Trinajstić information content (AvgIpc) is 3.58. The Morgan fingerprint density at radius 2 is 1.09 bits per heavy atom. The Morgan fingerprint density at radius 1 is 0.642 bits per heavy atom. The van der Waals surface area contributed by atoms with Crippen LogP contribution in [0.5, 0.6) is 0 Å². The highest BCUT2D eigenvalue weighted by molar-refractivity contribution is 6.05. The fraction of sp³-hybridized carbons (Fsp3) is 0.600. The topological polar surface area (TPSA) is 242 Å². The molecule has 0 unspecified atom stereocenters. The van der Waals surface area contributed by atoms with Gasteiger partial charge in [0.2, 0.25) is 29.5 Å². The predicted molar refractivity (Wildman–Crippen MR) is 192 cm³/mol. The first-order valence-electron chi connectivity index (χ1n) is 18.1. The number of hydrazone groups is 1. The quantitative estimate of drug-likeness (QED) is 0.0458. The molecule has 0 saturated heterocycles. The van der Waals surface area contributed by atoms with Gasteiger partial charge in [0, 0.05) is 83.7 Å². The summed E-state index contributed by atoms with van der Waals surface area (Å²) in [4.78, 5) is 83.3. The lowest BCUT2D eigenvalue weighted by molar-refractivity contribution is -0.166. The fourth-order valence-corrected chi connectivity index (χ4v) is 5.05. The zero-order valence-electron chi connectivity index (χ0n) is 30.5. The molecular weight excluding hydrogens is 692 g/mol. The van der Waals surface area contributed by atoms with Gasteiger partial charge in [-0.25, -0.2) is 20.2 Å². The molecule has 0 atom stereocenters. The van der Waals surface area contributed by atoms with E-state index in [1.807, 2.05) is 0 Å². The largest absolute Gasteiger partial charge is 0.356 e. The SMILES string of the molecule is CC(=O)N(O)CCCCCNC(=O)CCC(=O)N(O)CCCCCNC(=O)CCC(=O)N(O)CCCCCNC(=O)c1ccc(N2N=CCC2=O)cc1. The van der Waals surface area contributed by atoms with Crippen LogP contribution in [0.25, 0.3) is 0 Å². The van der Waals surface area contributed by atoms with Crippen molar-refractivity contribution in [2.24, 2.45) is 5.10 Å². The number of hydrogen-bond donors (Lipinski definition) is 6. The molecule has 18 nitrogen and oxygen atoms in total. The third kappa shape index (κ3) is 18.4. The molecule has 0 radical (unpaired) electrons. The number of benzene rings is 1. The van der Waals surface area contributed by atoms with E-state index in [4.69, 9.17) is 0 Å². The lowest BCUT2D eigenvalue weighted by atomic mass is 10.1. The Bertz CT molecular complexity index is 1390. The molecule has 0 fully saturated rings. The molecule has 0 aliphatic carbocycles. The summed E-state index contributed by atoms with van der Waals surface area (Å²) in [6.07, 6.45) is 6.78. The van der Waals surface area contributed by atoms with Gasteiger partial charge in [-0.3, -0.25) is 49.2 Å². The van der Waals surface area contributed by atoms with Crippen LogP contribution in [0.1, 0.15) is 107 Å². The summed E-state index contributed by atoms with van der Waals surface area (Å²) in [5.74, 6) is -2.60. The Labute approximate surface area is 309 Å². The fourth-order valence-electron chi connectivity index (χ4n) is 5.05. The van der Waals surface area contributed by atoms with E-state index in [1.54, 1.807) is 24.3 Å². The lowest BCUT2D eigenvalue weighted by Gasteiger charge is -2.15. The number of carbonyl (C=O) groups excluding carboxylic acids is 7. The van der Waals surface area contributed by atoms with Crippen molar-refractivity contribution in [1.29, 1.82) is 0 Å². The van der Waals surface area contributed by atoms with Gasteiger partial charge in [0.05, 0.1) is 12.1 Å². The van der Waals surface area contributed by atoms with Crippen LogP contribution in [0, 0.1) is 0 Å². The maximum atomic E-state index is 12.4. The lowest BCUT2D eigenvalue weighted by Crippen LogP contribution is -2.31. The highest BCUT2D eigenvalue weighted by Gasteiger charge is 2.19. The van der Waals surface area contributed by atoms with Crippen molar-refractivity contribution in [1.82, 2.24) is 31.1 Å². The van der Waals surface area contributed by atoms with Gasteiger partial charge in [0.15, 0.2) is 0 Å². The van der Waals surface area contributed by atoms with E-state index < -0.39 is 17.7 Å². The number of hydrogen-bond acceptors (Lipinski definition) is 11. The number of amides is 7. The first-order chi connectivity index (χ1) is 25.4. The van der Waals surface area contributed by atoms with Gasteiger partial charge in [0.1, 0.15) is 0 Å². The molecular formula is C35H54N8O10. The monoisotopic (exact) mass is 746 g/mol. The van der Waals surface area contributed by atoms with Crippen molar-refractivity contribution >= 4 is 53.3 Å². The Balaban J connectivity index is 1.42. The zero-order valence-corrected chi connectivity index (χ0v) is 30.5. The molecule has 1 aromatic rings. The molecule has 6 N–H and O–H groups in total. The van der Waals surface area contributed by atoms with Crippen LogP contribution in [0.15, 0.2) is 29.4 Å². The van der Waals surface area contributed by atoms with Crippen molar-refractivity contribution in [2.45, 2.75) is 96.8 Å². The Kier molecular flexibility index (Phi) is 20.9. The molecule has 53 heavy (non-hydrogen) atoms. The minimum absolute atomic E-state index is 0.0614. The maximum Gasteiger partial charge on any atom is 0.252 e. The second-order valence-electron chi connectivity index (χ2n) is 12.6. The smallest absolute Gasteiger partial charge is 0.252 e. The first-order valence-corrected chi connectivity index (χ1v) is 18.1. The summed E-state index contributed by atoms with van der Waals surface area (Å²) < 4.78 is 0. The summed E-state index contributed by atoms with van der Waals surface area (Å²) in [6.45, 7) is 2.83. The number of nitrogens with one attached hydrogen (secondary N) is 3. The minimum Gasteiger partial charge on any atom is -0.356 e. The van der Waals surface area contributed by atoms with E-state index in [2.05, 4.69) is 21.1 Å². The number of nitrogens with zero attached hydrogens (tertiary/aromatic N) is 5. The second kappa shape index (κ2) is 25.1. The van der Waals surface area contributed by atoms with E-state index in [0.717, 1.165) is 0 Å². The van der Waals surface area contributed by atoms with Crippen molar-refractivity contribution in [2.75, 3.05) is 44.3 Å². The van der Waals surface area contributed by atoms with Crippen molar-refractivity contribution < 1.29 is 49.2 Å². The highest BCUT2D eigenvalue weighted by Crippen LogP contribution is 2.19. The maximum absolute atomic E-state index is 12.4. The van der Waals surface area contributed by atoms with Gasteiger partial charge >= 0.3 is 0 Å². The summed E-state index contributed by atoms with van der Waals surface area (Å²) in [5, 5.41) is 44.6. The molecule has 1 aliphatic heterocycles. The molecule has 1 aromatic carbocycles. The van der Waals surface area contributed by atoms with E-state index >= 15 is 0 Å². The highest BCUT2D eigenvalue weighted by atomic mass is 16.5. The summed E-state index contributed by atoms with van der Waals surface area (Å²) >= 11 is 0. The van der Waals surface area contributed by atoms with Crippen LogP contribution in [-0.4, -0.2) is 118 Å². The van der Waals surface area contributed by atoms with Crippen molar-refractivity contribution in [3.63, 3.8) is 0 Å². The minimum atomic E-state index is -0.569. The third-order valence-corrected chi connectivity index (χ3v) is 8.21. The van der Waals surface area contributed by atoms with Crippen LogP contribution in [0.4, 0.5) is 5.69 Å². The molecule has 1 aliphatic rings. The molecule has 18 heteroatoms. The van der Waals surface area contributed by atoms with Gasteiger partial charge in [-0.1, -0.05) is 0 Å². The van der Waals surface area contributed by atoms with Gasteiger partial charge in [-0.2, -0.15) is 5.10 Å². The number of hydroxylamine groups is 6. The van der Waals surface area contributed by atoms with Crippen LogP contribution >= 0.6 is 0 Å².